The van der Waals surface area contributed by atoms with E-state index in [9.17, 15) is 4.79 Å². The number of nitrogens with zero attached hydrogens (tertiary/aromatic N) is 3. The molecule has 2 fully saturated rings. The quantitative estimate of drug-likeness (QED) is 0.565. The Balaban J connectivity index is 1.60. The molecule has 2 aromatic carbocycles. The van der Waals surface area contributed by atoms with Crippen LogP contribution in [0.15, 0.2) is 52.4 Å². The SMILES string of the molecule is CCCN1C(=O)/C(=C\c2ccc(N3CCCC3)c(C)c2)SC1=Nc1ccc(C)cc1. The van der Waals surface area contributed by atoms with Gasteiger partial charge in [-0.15, -0.1) is 0 Å². The zero-order valence-corrected chi connectivity index (χ0v) is 18.8. The van der Waals surface area contributed by atoms with Gasteiger partial charge in [-0.1, -0.05) is 30.7 Å². The van der Waals surface area contributed by atoms with E-state index in [4.69, 9.17) is 4.99 Å². The molecule has 0 spiro atoms. The van der Waals surface area contributed by atoms with Gasteiger partial charge in [-0.25, -0.2) is 4.99 Å². The van der Waals surface area contributed by atoms with Gasteiger partial charge in [0.1, 0.15) is 0 Å². The van der Waals surface area contributed by atoms with Crippen molar-refractivity contribution in [1.29, 1.82) is 0 Å². The number of carbonyl (C=O) groups is 1. The maximum absolute atomic E-state index is 13.1. The van der Waals surface area contributed by atoms with E-state index in [1.54, 1.807) is 0 Å². The van der Waals surface area contributed by atoms with Gasteiger partial charge in [0.05, 0.1) is 10.6 Å². The number of aryl methyl sites for hydroxylation is 2. The van der Waals surface area contributed by atoms with Crippen LogP contribution in [-0.4, -0.2) is 35.6 Å². The van der Waals surface area contributed by atoms with Crippen LogP contribution in [0.2, 0.25) is 0 Å². The Bertz CT molecular complexity index is 988. The molecule has 2 heterocycles. The predicted molar refractivity (Wildman–Crippen MR) is 128 cm³/mol. The molecule has 2 aliphatic rings. The summed E-state index contributed by atoms with van der Waals surface area (Å²) >= 11 is 1.47. The molecular formula is C25H29N3OS. The molecule has 2 saturated heterocycles. The van der Waals surface area contributed by atoms with Crippen molar-refractivity contribution in [3.05, 3.63) is 64.1 Å². The van der Waals surface area contributed by atoms with Crippen LogP contribution >= 0.6 is 11.8 Å². The first-order valence-electron chi connectivity index (χ1n) is 10.8. The van der Waals surface area contributed by atoms with Crippen molar-refractivity contribution in [2.75, 3.05) is 24.5 Å². The number of hydrogen-bond donors (Lipinski definition) is 0. The van der Waals surface area contributed by atoms with Crippen molar-refractivity contribution >= 4 is 40.3 Å². The van der Waals surface area contributed by atoms with Gasteiger partial charge in [-0.05, 0) is 86.3 Å². The summed E-state index contributed by atoms with van der Waals surface area (Å²) < 4.78 is 0. The first-order chi connectivity index (χ1) is 14.5. The van der Waals surface area contributed by atoms with Crippen molar-refractivity contribution in [1.82, 2.24) is 4.90 Å². The molecule has 0 aliphatic carbocycles. The third-order valence-corrected chi connectivity index (χ3v) is 6.57. The average Bonchev–Trinajstić information content (AvgIpc) is 3.35. The maximum atomic E-state index is 13.1. The zero-order valence-electron chi connectivity index (χ0n) is 18.0. The van der Waals surface area contributed by atoms with Crippen molar-refractivity contribution in [2.24, 2.45) is 4.99 Å². The third kappa shape index (κ3) is 4.46. The van der Waals surface area contributed by atoms with E-state index in [0.717, 1.165) is 40.8 Å². The number of thioether (sulfide) groups is 1. The Morgan fingerprint density at radius 2 is 1.80 bits per heavy atom. The molecule has 30 heavy (non-hydrogen) atoms. The Kier molecular flexibility index (Phi) is 6.28. The lowest BCUT2D eigenvalue weighted by Crippen LogP contribution is -2.29. The molecule has 0 atom stereocenters. The number of aliphatic imine (C=N–C) groups is 1. The lowest BCUT2D eigenvalue weighted by atomic mass is 10.1. The number of anilines is 1. The largest absolute Gasteiger partial charge is 0.371 e. The number of hydrogen-bond acceptors (Lipinski definition) is 4. The molecule has 0 radical (unpaired) electrons. The molecule has 4 nitrogen and oxygen atoms in total. The van der Waals surface area contributed by atoms with Crippen molar-refractivity contribution in [3.8, 4) is 0 Å². The minimum absolute atomic E-state index is 0.0500. The van der Waals surface area contributed by atoms with Gasteiger partial charge in [0.2, 0.25) is 0 Å². The summed E-state index contributed by atoms with van der Waals surface area (Å²) in [4.78, 5) is 22.8. The van der Waals surface area contributed by atoms with Gasteiger partial charge in [-0.3, -0.25) is 9.69 Å². The van der Waals surface area contributed by atoms with Crippen LogP contribution < -0.4 is 4.90 Å². The fraction of sp³-hybridized carbons (Fsp3) is 0.360. The van der Waals surface area contributed by atoms with Gasteiger partial charge in [0.15, 0.2) is 5.17 Å². The number of carbonyl (C=O) groups excluding carboxylic acids is 1. The normalized spacial score (nSPS) is 19.5. The van der Waals surface area contributed by atoms with Gasteiger partial charge in [-0.2, -0.15) is 0 Å². The number of amides is 1. The Morgan fingerprint density at radius 1 is 1.07 bits per heavy atom. The van der Waals surface area contributed by atoms with E-state index in [0.29, 0.717) is 6.54 Å². The topological polar surface area (TPSA) is 35.9 Å². The molecular weight excluding hydrogens is 390 g/mol. The summed E-state index contributed by atoms with van der Waals surface area (Å²) in [6.45, 7) is 9.27. The first kappa shape index (κ1) is 20.7. The highest BCUT2D eigenvalue weighted by atomic mass is 32.2. The predicted octanol–water partition coefficient (Wildman–Crippen LogP) is 5.92. The molecule has 0 saturated carbocycles. The van der Waals surface area contributed by atoms with Crippen molar-refractivity contribution in [2.45, 2.75) is 40.0 Å². The van der Waals surface area contributed by atoms with Crippen LogP contribution in [0.25, 0.3) is 6.08 Å². The van der Waals surface area contributed by atoms with E-state index >= 15 is 0 Å². The van der Waals surface area contributed by atoms with Gasteiger partial charge in [0, 0.05) is 25.3 Å². The average molecular weight is 420 g/mol. The molecule has 156 valence electrons. The Morgan fingerprint density at radius 3 is 2.47 bits per heavy atom. The van der Waals surface area contributed by atoms with Gasteiger partial charge < -0.3 is 4.90 Å². The fourth-order valence-corrected chi connectivity index (χ4v) is 5.00. The molecule has 5 heteroatoms. The molecule has 0 N–H and O–H groups in total. The first-order valence-corrected chi connectivity index (χ1v) is 11.6. The fourth-order valence-electron chi connectivity index (χ4n) is 3.97. The van der Waals surface area contributed by atoms with Crippen LogP contribution in [-0.2, 0) is 4.79 Å². The monoisotopic (exact) mass is 419 g/mol. The van der Waals surface area contributed by atoms with E-state index in [2.05, 4.69) is 43.9 Å². The highest BCUT2D eigenvalue weighted by Gasteiger charge is 2.32. The summed E-state index contributed by atoms with van der Waals surface area (Å²) in [6, 6.07) is 14.6. The Labute approximate surface area is 183 Å². The molecule has 4 rings (SSSR count). The van der Waals surface area contributed by atoms with Crippen molar-refractivity contribution < 1.29 is 4.79 Å². The Hall–Kier alpha value is -2.53. The lowest BCUT2D eigenvalue weighted by Gasteiger charge is -2.20. The minimum atomic E-state index is 0.0500. The van der Waals surface area contributed by atoms with E-state index in [1.165, 1.54) is 41.4 Å². The highest BCUT2D eigenvalue weighted by molar-refractivity contribution is 8.18. The van der Waals surface area contributed by atoms with Gasteiger partial charge >= 0.3 is 0 Å². The summed E-state index contributed by atoms with van der Waals surface area (Å²) in [6.07, 6.45) is 5.45. The summed E-state index contributed by atoms with van der Waals surface area (Å²) in [7, 11) is 0. The number of benzene rings is 2. The highest BCUT2D eigenvalue weighted by Crippen LogP contribution is 2.35. The second-order valence-corrected chi connectivity index (χ2v) is 9.05. The molecule has 2 aromatic rings. The van der Waals surface area contributed by atoms with Crippen LogP contribution in [0.3, 0.4) is 0 Å². The molecule has 2 aliphatic heterocycles. The smallest absolute Gasteiger partial charge is 0.266 e. The molecule has 0 bridgehead atoms. The van der Waals surface area contributed by atoms with E-state index in [-0.39, 0.29) is 5.91 Å². The van der Waals surface area contributed by atoms with E-state index in [1.807, 2.05) is 35.2 Å². The van der Waals surface area contributed by atoms with Crippen molar-refractivity contribution in [3.63, 3.8) is 0 Å². The van der Waals surface area contributed by atoms with Crippen LogP contribution in [0, 0.1) is 13.8 Å². The van der Waals surface area contributed by atoms with E-state index < -0.39 is 0 Å². The van der Waals surface area contributed by atoms with Crippen LogP contribution in [0.4, 0.5) is 11.4 Å². The van der Waals surface area contributed by atoms with Crippen LogP contribution in [0.5, 0.6) is 0 Å². The summed E-state index contributed by atoms with van der Waals surface area (Å²) in [5, 5.41) is 0.766. The standard InChI is InChI=1S/C25H29N3OS/c1-4-13-28-24(29)23(30-25(28)26-21-10-7-18(2)8-11-21)17-20-9-12-22(19(3)16-20)27-14-5-6-15-27/h7-12,16-17H,4-6,13-15H2,1-3H3/b23-17+,26-25?. The number of amidine groups is 1. The van der Waals surface area contributed by atoms with Gasteiger partial charge in [0.25, 0.3) is 5.91 Å². The second kappa shape index (κ2) is 9.09. The minimum Gasteiger partial charge on any atom is -0.371 e. The summed E-state index contributed by atoms with van der Waals surface area (Å²) in [5.74, 6) is 0.0500. The molecule has 0 aromatic heterocycles. The molecule has 1 amide bonds. The lowest BCUT2D eigenvalue weighted by molar-refractivity contribution is -0.122. The van der Waals surface area contributed by atoms with Crippen LogP contribution in [0.1, 0.15) is 42.9 Å². The third-order valence-electron chi connectivity index (χ3n) is 5.56. The maximum Gasteiger partial charge on any atom is 0.266 e. The zero-order chi connectivity index (χ0) is 21.1. The second-order valence-electron chi connectivity index (χ2n) is 8.04. The summed E-state index contributed by atoms with van der Waals surface area (Å²) in [5.41, 5.74) is 5.73. The molecule has 0 unspecified atom stereocenters. The number of rotatable bonds is 5.